The van der Waals surface area contributed by atoms with Crippen molar-refractivity contribution in [2.75, 3.05) is 19.7 Å². The Bertz CT molecular complexity index is 1520. The average molecular weight is 533 g/mol. The fourth-order valence-electron chi connectivity index (χ4n) is 5.01. The number of hydrogen-bond acceptors (Lipinski definition) is 6. The van der Waals surface area contributed by atoms with Crippen molar-refractivity contribution in [1.29, 1.82) is 0 Å². The van der Waals surface area contributed by atoms with Crippen LogP contribution >= 0.6 is 0 Å². The zero-order valence-corrected chi connectivity index (χ0v) is 23.2. The highest BCUT2D eigenvalue weighted by molar-refractivity contribution is 5.94. The number of aromatic nitrogens is 3. The van der Waals surface area contributed by atoms with Crippen LogP contribution in [0.2, 0.25) is 0 Å². The Morgan fingerprint density at radius 3 is 2.67 bits per heavy atom. The van der Waals surface area contributed by atoms with E-state index in [1.54, 1.807) is 24.5 Å². The summed E-state index contributed by atoms with van der Waals surface area (Å²) in [5.41, 5.74) is 3.41. The molecule has 1 atom stereocenters. The maximum absolute atomic E-state index is 14.5. The Hall–Kier alpha value is -3.65. The lowest BCUT2D eigenvalue weighted by Crippen LogP contribution is -2.35. The highest BCUT2D eigenvalue weighted by Gasteiger charge is 2.18. The number of rotatable bonds is 12. The van der Waals surface area contributed by atoms with E-state index in [0.29, 0.717) is 49.7 Å². The van der Waals surface area contributed by atoms with Gasteiger partial charge in [0, 0.05) is 42.2 Å². The van der Waals surface area contributed by atoms with Gasteiger partial charge in [0.25, 0.3) is 5.56 Å². The standard InChI is InChI=1S/C31H37FN4O3/c1-5-39-30(37)12-13-33-18-26(14-20(2)3)36-19-25(34-21(4)31(36)38)11-10-22-15-24(32)17-29-27(22)16-23-8-6-7-9-28(23)35-29/h6-9,15-17,19-20,26,33H,5,10-14,18H2,1-4H3/t26-/m0/s1. The number of ether oxygens (including phenoxy) is 1. The second-order valence-corrected chi connectivity index (χ2v) is 10.4. The topological polar surface area (TPSA) is 86.1 Å². The van der Waals surface area contributed by atoms with Crippen LogP contribution in [0.25, 0.3) is 21.8 Å². The third kappa shape index (κ3) is 7.26. The molecular weight excluding hydrogens is 495 g/mol. The molecule has 2 aromatic heterocycles. The quantitative estimate of drug-likeness (QED) is 0.151. The van der Waals surface area contributed by atoms with Gasteiger partial charge >= 0.3 is 5.97 Å². The van der Waals surface area contributed by atoms with Crippen molar-refractivity contribution >= 4 is 27.8 Å². The van der Waals surface area contributed by atoms with Gasteiger partial charge in [0.05, 0.1) is 29.8 Å². The number of nitrogens with zero attached hydrogens (tertiary/aromatic N) is 3. The summed E-state index contributed by atoms with van der Waals surface area (Å²) >= 11 is 0. The van der Waals surface area contributed by atoms with Crippen LogP contribution in [-0.4, -0.2) is 40.2 Å². The molecule has 0 aliphatic carbocycles. The highest BCUT2D eigenvalue weighted by atomic mass is 19.1. The molecule has 8 heteroatoms. The number of esters is 1. The first-order valence-electron chi connectivity index (χ1n) is 13.7. The van der Waals surface area contributed by atoms with Crippen molar-refractivity contribution in [3.8, 4) is 0 Å². The molecule has 7 nitrogen and oxygen atoms in total. The van der Waals surface area contributed by atoms with Crippen molar-refractivity contribution in [2.24, 2.45) is 5.92 Å². The molecular formula is C31H37FN4O3. The maximum atomic E-state index is 14.5. The van der Waals surface area contributed by atoms with Crippen molar-refractivity contribution < 1.29 is 13.9 Å². The summed E-state index contributed by atoms with van der Waals surface area (Å²) in [6, 6.07) is 12.8. The van der Waals surface area contributed by atoms with Crippen LogP contribution in [0.5, 0.6) is 0 Å². The molecule has 0 unspecified atom stereocenters. The van der Waals surface area contributed by atoms with Crippen LogP contribution < -0.4 is 10.9 Å². The molecule has 0 saturated heterocycles. The number of fused-ring (bicyclic) bond motifs is 2. The van der Waals surface area contributed by atoms with Gasteiger partial charge in [-0.2, -0.15) is 0 Å². The lowest BCUT2D eigenvalue weighted by atomic mass is 10.0. The summed E-state index contributed by atoms with van der Waals surface area (Å²) in [6.07, 6.45) is 4.03. The molecule has 0 bridgehead atoms. The summed E-state index contributed by atoms with van der Waals surface area (Å²) < 4.78 is 21.3. The molecule has 0 fully saturated rings. The van der Waals surface area contributed by atoms with Crippen molar-refractivity contribution in [1.82, 2.24) is 19.9 Å². The van der Waals surface area contributed by atoms with E-state index in [1.807, 2.05) is 30.5 Å². The Morgan fingerprint density at radius 2 is 1.90 bits per heavy atom. The number of pyridine rings is 1. The first-order valence-corrected chi connectivity index (χ1v) is 13.7. The Morgan fingerprint density at radius 1 is 1.10 bits per heavy atom. The third-order valence-corrected chi connectivity index (χ3v) is 6.81. The number of carbonyl (C=O) groups excluding carboxylic acids is 1. The van der Waals surface area contributed by atoms with Crippen LogP contribution in [-0.2, 0) is 22.4 Å². The van der Waals surface area contributed by atoms with Crippen molar-refractivity contribution in [3.63, 3.8) is 0 Å². The van der Waals surface area contributed by atoms with Crippen LogP contribution in [0.15, 0.2) is 53.5 Å². The van der Waals surface area contributed by atoms with E-state index < -0.39 is 0 Å². The Balaban J connectivity index is 1.56. The largest absolute Gasteiger partial charge is 0.466 e. The van der Waals surface area contributed by atoms with E-state index in [0.717, 1.165) is 34.0 Å². The molecule has 4 aromatic rings. The van der Waals surface area contributed by atoms with E-state index in [9.17, 15) is 14.0 Å². The smallest absolute Gasteiger partial charge is 0.307 e. The molecule has 0 aliphatic heterocycles. The second-order valence-electron chi connectivity index (χ2n) is 10.4. The fourth-order valence-corrected chi connectivity index (χ4v) is 5.01. The maximum Gasteiger partial charge on any atom is 0.307 e. The van der Waals surface area contributed by atoms with Crippen LogP contribution in [0, 0.1) is 18.7 Å². The number of halogens is 1. The molecule has 0 spiro atoms. The predicted octanol–water partition coefficient (Wildman–Crippen LogP) is 5.31. The summed E-state index contributed by atoms with van der Waals surface area (Å²) in [7, 11) is 0. The lowest BCUT2D eigenvalue weighted by molar-refractivity contribution is -0.142. The van der Waals surface area contributed by atoms with Gasteiger partial charge in [0.1, 0.15) is 11.5 Å². The third-order valence-electron chi connectivity index (χ3n) is 6.81. The Kier molecular flexibility index (Phi) is 9.41. The zero-order valence-electron chi connectivity index (χ0n) is 23.2. The molecule has 0 amide bonds. The molecule has 2 aromatic carbocycles. The molecule has 1 N–H and O–H groups in total. The summed E-state index contributed by atoms with van der Waals surface area (Å²) in [5, 5.41) is 5.24. The predicted molar refractivity (Wildman–Crippen MR) is 152 cm³/mol. The molecule has 206 valence electrons. The SMILES string of the molecule is CCOC(=O)CCNC[C@H](CC(C)C)n1cc(CCc2cc(F)cc3nc4ccccc4cc23)nc(C)c1=O. The molecule has 0 aliphatic rings. The monoisotopic (exact) mass is 532 g/mol. The second kappa shape index (κ2) is 12.9. The highest BCUT2D eigenvalue weighted by Crippen LogP contribution is 2.25. The van der Waals surface area contributed by atoms with Crippen molar-refractivity contribution in [3.05, 3.63) is 81.8 Å². The summed E-state index contributed by atoms with van der Waals surface area (Å²) in [4.78, 5) is 34.1. The van der Waals surface area contributed by atoms with E-state index in [4.69, 9.17) is 4.74 Å². The molecule has 0 saturated carbocycles. The van der Waals surface area contributed by atoms with Crippen molar-refractivity contribution in [2.45, 2.75) is 59.4 Å². The van der Waals surface area contributed by atoms with E-state index in [2.05, 4.69) is 35.2 Å². The summed E-state index contributed by atoms with van der Waals surface area (Å²) in [6.45, 7) is 9.16. The van der Waals surface area contributed by atoms with Crippen LogP contribution in [0.3, 0.4) is 0 Å². The van der Waals surface area contributed by atoms with Gasteiger partial charge in [-0.1, -0.05) is 32.0 Å². The Labute approximate surface area is 228 Å². The van der Waals surface area contributed by atoms with Gasteiger partial charge in [-0.05, 0) is 62.8 Å². The van der Waals surface area contributed by atoms with Gasteiger partial charge in [-0.3, -0.25) is 14.6 Å². The fraction of sp³-hybridized carbons (Fsp3) is 0.419. The van der Waals surface area contributed by atoms with Gasteiger partial charge in [0.2, 0.25) is 0 Å². The average Bonchev–Trinajstić information content (AvgIpc) is 2.89. The molecule has 39 heavy (non-hydrogen) atoms. The molecule has 4 rings (SSSR count). The van der Waals surface area contributed by atoms with Crippen LogP contribution in [0.1, 0.15) is 56.6 Å². The number of benzene rings is 2. The van der Waals surface area contributed by atoms with E-state index in [1.165, 1.54) is 6.07 Å². The summed E-state index contributed by atoms with van der Waals surface area (Å²) in [5.74, 6) is -0.190. The minimum Gasteiger partial charge on any atom is -0.466 e. The minimum atomic E-state index is -0.319. The lowest BCUT2D eigenvalue weighted by Gasteiger charge is -2.23. The van der Waals surface area contributed by atoms with E-state index in [-0.39, 0.29) is 29.8 Å². The zero-order chi connectivity index (χ0) is 27.9. The van der Waals surface area contributed by atoms with Gasteiger partial charge in [0.15, 0.2) is 0 Å². The molecule has 0 radical (unpaired) electrons. The normalized spacial score (nSPS) is 12.4. The van der Waals surface area contributed by atoms with Gasteiger partial charge in [-0.15, -0.1) is 0 Å². The number of hydrogen-bond donors (Lipinski definition) is 1. The minimum absolute atomic E-state index is 0.0919. The number of aryl methyl sites for hydroxylation is 3. The molecule has 2 heterocycles. The first-order chi connectivity index (χ1) is 18.7. The van der Waals surface area contributed by atoms with Gasteiger partial charge in [-0.25, -0.2) is 9.37 Å². The number of para-hydroxylation sites is 1. The van der Waals surface area contributed by atoms with E-state index >= 15 is 0 Å². The number of nitrogens with one attached hydrogen (secondary N) is 1. The first kappa shape index (κ1) is 28.4. The number of carbonyl (C=O) groups is 1. The van der Waals surface area contributed by atoms with Crippen LogP contribution in [0.4, 0.5) is 4.39 Å². The van der Waals surface area contributed by atoms with Gasteiger partial charge < -0.3 is 14.6 Å².